The molecule has 7 heteroatoms. The molecule has 1 saturated carbocycles. The quantitative estimate of drug-likeness (QED) is 0.822. The highest BCUT2D eigenvalue weighted by Gasteiger charge is 2.41. The Morgan fingerprint density at radius 3 is 3.00 bits per heavy atom. The molecule has 2 aliphatic rings. The van der Waals surface area contributed by atoms with E-state index in [2.05, 4.69) is 4.98 Å². The first kappa shape index (κ1) is 14.4. The molecule has 0 bridgehead atoms. The van der Waals surface area contributed by atoms with Crippen molar-refractivity contribution in [3.8, 4) is 6.07 Å². The van der Waals surface area contributed by atoms with Crippen molar-refractivity contribution < 1.29 is 13.2 Å². The highest BCUT2D eigenvalue weighted by atomic mass is 32.2. The summed E-state index contributed by atoms with van der Waals surface area (Å²) >= 11 is 0. The van der Waals surface area contributed by atoms with Gasteiger partial charge in [-0.1, -0.05) is 12.8 Å². The van der Waals surface area contributed by atoms with Crippen LogP contribution >= 0.6 is 0 Å². The lowest BCUT2D eigenvalue weighted by molar-refractivity contribution is -0.0586. The van der Waals surface area contributed by atoms with Crippen molar-refractivity contribution >= 4 is 10.0 Å². The average molecular weight is 307 g/mol. The molecule has 1 aliphatic heterocycles. The fourth-order valence-electron chi connectivity index (χ4n) is 3.17. The molecular formula is C14H17N3O3S. The Balaban J connectivity index is 1.99. The monoisotopic (exact) mass is 307 g/mol. The van der Waals surface area contributed by atoms with Crippen LogP contribution in [-0.2, 0) is 14.8 Å². The normalized spacial score (nSPS) is 26.8. The van der Waals surface area contributed by atoms with Gasteiger partial charge in [-0.25, -0.2) is 13.4 Å². The van der Waals surface area contributed by atoms with Gasteiger partial charge in [-0.2, -0.15) is 9.57 Å². The van der Waals surface area contributed by atoms with Crippen LogP contribution in [0, 0.1) is 11.3 Å². The summed E-state index contributed by atoms with van der Waals surface area (Å²) in [5.41, 5.74) is -0.0450. The van der Waals surface area contributed by atoms with Crippen LogP contribution in [0.4, 0.5) is 0 Å². The number of nitrogens with zero attached hydrogens (tertiary/aromatic N) is 3. The smallest absolute Gasteiger partial charge is 0.246 e. The van der Waals surface area contributed by atoms with Gasteiger partial charge in [0.2, 0.25) is 10.0 Å². The van der Waals surface area contributed by atoms with Crippen molar-refractivity contribution in [1.82, 2.24) is 9.29 Å². The summed E-state index contributed by atoms with van der Waals surface area (Å²) in [6.07, 6.45) is 5.20. The Kier molecular flexibility index (Phi) is 3.93. The first-order valence-corrected chi connectivity index (χ1v) is 8.57. The molecule has 3 rings (SSSR count). The number of morpholine rings is 1. The van der Waals surface area contributed by atoms with E-state index < -0.39 is 10.0 Å². The number of hydrogen-bond donors (Lipinski definition) is 0. The minimum absolute atomic E-state index is 0.00118. The van der Waals surface area contributed by atoms with E-state index in [4.69, 9.17) is 10.00 Å². The Labute approximate surface area is 124 Å². The van der Waals surface area contributed by atoms with Crippen LogP contribution in [0.1, 0.15) is 31.4 Å². The van der Waals surface area contributed by atoms with Crippen LogP contribution in [0.2, 0.25) is 0 Å². The van der Waals surface area contributed by atoms with Gasteiger partial charge in [-0.05, 0) is 25.0 Å². The maximum atomic E-state index is 12.9. The first-order valence-electron chi connectivity index (χ1n) is 7.13. The fourth-order valence-corrected chi connectivity index (χ4v) is 4.93. The summed E-state index contributed by atoms with van der Waals surface area (Å²) in [6, 6.07) is 4.74. The van der Waals surface area contributed by atoms with Gasteiger partial charge in [-0.3, -0.25) is 0 Å². The van der Waals surface area contributed by atoms with Gasteiger partial charge >= 0.3 is 0 Å². The summed E-state index contributed by atoms with van der Waals surface area (Å²) in [5, 5.41) is 9.09. The van der Waals surface area contributed by atoms with E-state index in [1.54, 1.807) is 6.07 Å². The fraction of sp³-hybridized carbons (Fsp3) is 0.571. The molecule has 2 fully saturated rings. The van der Waals surface area contributed by atoms with E-state index >= 15 is 0 Å². The van der Waals surface area contributed by atoms with Gasteiger partial charge < -0.3 is 4.74 Å². The van der Waals surface area contributed by atoms with Crippen LogP contribution < -0.4 is 0 Å². The summed E-state index contributed by atoms with van der Waals surface area (Å²) in [5.74, 6) is 0. The number of sulfonamides is 1. The van der Waals surface area contributed by atoms with E-state index in [-0.39, 0.29) is 22.7 Å². The largest absolute Gasteiger partial charge is 0.375 e. The van der Waals surface area contributed by atoms with E-state index in [9.17, 15) is 8.42 Å². The Morgan fingerprint density at radius 1 is 1.38 bits per heavy atom. The molecule has 0 radical (unpaired) electrons. The van der Waals surface area contributed by atoms with Gasteiger partial charge in [0.15, 0.2) is 5.69 Å². The SMILES string of the molecule is N#Cc1ncccc1S(=O)(=O)N1CCO[C@@H]2CCCC[C@H]21. The topological polar surface area (TPSA) is 83.3 Å². The number of nitriles is 1. The van der Waals surface area contributed by atoms with Crippen LogP contribution in [0.5, 0.6) is 0 Å². The zero-order chi connectivity index (χ0) is 14.9. The number of pyridine rings is 1. The number of hydrogen-bond acceptors (Lipinski definition) is 5. The predicted octanol–water partition coefficient (Wildman–Crippen LogP) is 1.29. The third-order valence-corrected chi connectivity index (χ3v) is 6.10. The molecule has 2 atom stereocenters. The molecule has 0 spiro atoms. The van der Waals surface area contributed by atoms with Crippen LogP contribution in [-0.4, -0.2) is 43.0 Å². The molecule has 1 aromatic heterocycles. The van der Waals surface area contributed by atoms with Crippen molar-refractivity contribution in [2.45, 2.75) is 42.7 Å². The Hall–Kier alpha value is -1.49. The van der Waals surface area contributed by atoms with Gasteiger partial charge in [0.05, 0.1) is 18.8 Å². The van der Waals surface area contributed by atoms with Crippen molar-refractivity contribution in [2.24, 2.45) is 0 Å². The lowest BCUT2D eigenvalue weighted by atomic mass is 9.91. The van der Waals surface area contributed by atoms with Crippen molar-refractivity contribution in [1.29, 1.82) is 5.26 Å². The van der Waals surface area contributed by atoms with E-state index in [1.807, 2.05) is 6.07 Å². The van der Waals surface area contributed by atoms with Gasteiger partial charge in [0.25, 0.3) is 0 Å². The lowest BCUT2D eigenvalue weighted by Gasteiger charge is -2.42. The molecule has 21 heavy (non-hydrogen) atoms. The van der Waals surface area contributed by atoms with Crippen LogP contribution in [0.3, 0.4) is 0 Å². The molecule has 1 saturated heterocycles. The van der Waals surface area contributed by atoms with Crippen molar-refractivity contribution in [3.63, 3.8) is 0 Å². The number of aromatic nitrogens is 1. The molecule has 112 valence electrons. The Morgan fingerprint density at radius 2 is 2.19 bits per heavy atom. The van der Waals surface area contributed by atoms with E-state index in [0.717, 1.165) is 25.7 Å². The average Bonchev–Trinajstić information content (AvgIpc) is 2.54. The molecular weight excluding hydrogens is 290 g/mol. The van der Waals surface area contributed by atoms with E-state index in [0.29, 0.717) is 13.2 Å². The zero-order valence-electron chi connectivity index (χ0n) is 11.6. The number of ether oxygens (including phenoxy) is 1. The second-order valence-electron chi connectivity index (χ2n) is 5.34. The molecule has 2 heterocycles. The second-order valence-corrected chi connectivity index (χ2v) is 7.20. The van der Waals surface area contributed by atoms with Crippen LogP contribution in [0.15, 0.2) is 23.2 Å². The zero-order valence-corrected chi connectivity index (χ0v) is 12.4. The molecule has 0 N–H and O–H groups in total. The number of rotatable bonds is 2. The van der Waals surface area contributed by atoms with Gasteiger partial charge in [-0.15, -0.1) is 0 Å². The van der Waals surface area contributed by atoms with Gasteiger partial charge in [0, 0.05) is 12.7 Å². The minimum atomic E-state index is -3.71. The standard InChI is InChI=1S/C14H17N3O3S/c15-10-11-14(6-3-7-16-11)21(18,19)17-8-9-20-13-5-2-1-4-12(13)17/h3,6-7,12-13H,1-2,4-5,8-9H2/t12-,13-/m1/s1. The number of fused-ring (bicyclic) bond motifs is 1. The summed E-state index contributed by atoms with van der Waals surface area (Å²) in [6.45, 7) is 0.742. The Bertz CT molecular complexity index is 666. The summed E-state index contributed by atoms with van der Waals surface area (Å²) < 4.78 is 33.0. The van der Waals surface area contributed by atoms with Gasteiger partial charge in [0.1, 0.15) is 11.0 Å². The minimum Gasteiger partial charge on any atom is -0.375 e. The molecule has 1 aromatic rings. The summed E-state index contributed by atoms with van der Waals surface area (Å²) in [4.78, 5) is 3.86. The van der Waals surface area contributed by atoms with E-state index in [1.165, 1.54) is 16.6 Å². The summed E-state index contributed by atoms with van der Waals surface area (Å²) in [7, 11) is -3.71. The lowest BCUT2D eigenvalue weighted by Crippen LogP contribution is -2.54. The third kappa shape index (κ3) is 2.55. The van der Waals surface area contributed by atoms with Crippen molar-refractivity contribution in [2.75, 3.05) is 13.2 Å². The first-order chi connectivity index (χ1) is 10.1. The molecule has 0 aromatic carbocycles. The maximum Gasteiger partial charge on any atom is 0.246 e. The molecule has 1 aliphatic carbocycles. The maximum absolute atomic E-state index is 12.9. The predicted molar refractivity (Wildman–Crippen MR) is 74.8 cm³/mol. The second kappa shape index (κ2) is 5.72. The van der Waals surface area contributed by atoms with Crippen LogP contribution in [0.25, 0.3) is 0 Å². The van der Waals surface area contributed by atoms with Crippen molar-refractivity contribution in [3.05, 3.63) is 24.0 Å². The highest BCUT2D eigenvalue weighted by molar-refractivity contribution is 7.89. The molecule has 0 amide bonds. The molecule has 6 nitrogen and oxygen atoms in total. The third-order valence-electron chi connectivity index (χ3n) is 4.14. The molecule has 0 unspecified atom stereocenters. The highest BCUT2D eigenvalue weighted by Crippen LogP contribution is 2.32.